The maximum Gasteiger partial charge on any atom is 0.343 e. The van der Waals surface area contributed by atoms with E-state index in [-0.39, 0.29) is 0 Å². The number of terminal acetylenes is 1. The molecule has 1 aromatic carbocycles. The van der Waals surface area contributed by atoms with Gasteiger partial charge in [0.2, 0.25) is 0 Å². The van der Waals surface area contributed by atoms with Gasteiger partial charge in [-0.3, -0.25) is 0 Å². The van der Waals surface area contributed by atoms with Gasteiger partial charge >= 0.3 is 5.97 Å². The van der Waals surface area contributed by atoms with Gasteiger partial charge in [0.05, 0.1) is 14.2 Å². The molecule has 0 aliphatic rings. The maximum absolute atomic E-state index is 11.8. The van der Waals surface area contributed by atoms with Crippen LogP contribution in [-0.4, -0.2) is 26.3 Å². The Bertz CT molecular complexity index is 445. The minimum Gasteiger partial charge on any atom is -0.497 e. The lowest BCUT2D eigenvalue weighted by atomic mass is 10.2. The van der Waals surface area contributed by atoms with Crippen LogP contribution in [0.3, 0.4) is 0 Å². The Morgan fingerprint density at radius 2 is 2.06 bits per heavy atom. The summed E-state index contributed by atoms with van der Waals surface area (Å²) in [4.78, 5) is 11.8. The normalized spacial score (nSPS) is 11.2. The van der Waals surface area contributed by atoms with E-state index in [0.717, 1.165) is 0 Å². The number of rotatable bonds is 4. The molecule has 0 N–H and O–H groups in total. The van der Waals surface area contributed by atoms with Gasteiger partial charge in [-0.15, -0.1) is 6.42 Å². The van der Waals surface area contributed by atoms with Crippen LogP contribution in [0.25, 0.3) is 0 Å². The minimum atomic E-state index is -0.575. The standard InChI is InChI=1S/C13H14O4/c1-5-9(2)17-13(14)11-7-6-10(15-3)8-12(11)16-4/h1,6-9H,2-4H3. The Kier molecular flexibility index (Phi) is 4.41. The van der Waals surface area contributed by atoms with Crippen molar-refractivity contribution >= 4 is 5.97 Å². The molecule has 4 heteroatoms. The van der Waals surface area contributed by atoms with Gasteiger partial charge in [-0.05, 0) is 19.1 Å². The van der Waals surface area contributed by atoms with Crippen LogP contribution in [0.15, 0.2) is 18.2 Å². The summed E-state index contributed by atoms with van der Waals surface area (Å²) in [6.07, 6.45) is 4.56. The summed E-state index contributed by atoms with van der Waals surface area (Å²) < 4.78 is 15.1. The lowest BCUT2D eigenvalue weighted by Gasteiger charge is -2.11. The molecular formula is C13H14O4. The van der Waals surface area contributed by atoms with Crippen LogP contribution in [0.1, 0.15) is 17.3 Å². The lowest BCUT2D eigenvalue weighted by Crippen LogP contribution is -2.14. The van der Waals surface area contributed by atoms with Crippen molar-refractivity contribution < 1.29 is 19.0 Å². The van der Waals surface area contributed by atoms with Crippen molar-refractivity contribution in [2.24, 2.45) is 0 Å². The zero-order valence-electron chi connectivity index (χ0n) is 10.0. The average Bonchev–Trinajstić information content (AvgIpc) is 2.37. The maximum atomic E-state index is 11.8. The van der Waals surface area contributed by atoms with E-state index in [2.05, 4.69) is 5.92 Å². The highest BCUT2D eigenvalue weighted by molar-refractivity contribution is 5.93. The summed E-state index contributed by atoms with van der Waals surface area (Å²) in [5.41, 5.74) is 0.315. The van der Waals surface area contributed by atoms with Gasteiger partial charge in [-0.1, -0.05) is 5.92 Å². The Morgan fingerprint density at radius 3 is 2.59 bits per heavy atom. The molecule has 0 aliphatic carbocycles. The third-order valence-corrected chi connectivity index (χ3v) is 2.15. The van der Waals surface area contributed by atoms with Crippen LogP contribution in [0.2, 0.25) is 0 Å². The number of hydrogen-bond acceptors (Lipinski definition) is 4. The molecule has 0 spiro atoms. The molecule has 0 aliphatic heterocycles. The third-order valence-electron chi connectivity index (χ3n) is 2.15. The van der Waals surface area contributed by atoms with E-state index in [9.17, 15) is 4.79 Å². The Labute approximate surface area is 100 Å². The van der Waals surface area contributed by atoms with Gasteiger partial charge in [0, 0.05) is 6.07 Å². The molecule has 0 aromatic heterocycles. The summed E-state index contributed by atoms with van der Waals surface area (Å²) in [7, 11) is 3.00. The minimum absolute atomic E-state index is 0.315. The number of carbonyl (C=O) groups excluding carboxylic acids is 1. The number of benzene rings is 1. The molecule has 90 valence electrons. The highest BCUT2D eigenvalue weighted by atomic mass is 16.5. The molecule has 1 atom stereocenters. The van der Waals surface area contributed by atoms with E-state index < -0.39 is 12.1 Å². The lowest BCUT2D eigenvalue weighted by molar-refractivity contribution is 0.0435. The molecule has 0 saturated carbocycles. The van der Waals surface area contributed by atoms with Crippen molar-refractivity contribution in [3.63, 3.8) is 0 Å². The Hall–Kier alpha value is -2.15. The highest BCUT2D eigenvalue weighted by Crippen LogP contribution is 2.25. The monoisotopic (exact) mass is 234 g/mol. The van der Waals surface area contributed by atoms with E-state index >= 15 is 0 Å². The summed E-state index contributed by atoms with van der Waals surface area (Å²) in [6, 6.07) is 4.83. The molecule has 1 aromatic rings. The van der Waals surface area contributed by atoms with Crippen molar-refractivity contribution in [3.8, 4) is 23.8 Å². The molecule has 0 radical (unpaired) electrons. The summed E-state index contributed by atoms with van der Waals surface area (Å²) >= 11 is 0. The Morgan fingerprint density at radius 1 is 1.35 bits per heavy atom. The molecule has 0 bridgehead atoms. The number of methoxy groups -OCH3 is 2. The van der Waals surface area contributed by atoms with Gasteiger partial charge in [0.15, 0.2) is 6.10 Å². The predicted octanol–water partition coefficient (Wildman–Crippen LogP) is 1.88. The zero-order chi connectivity index (χ0) is 12.8. The second-order valence-corrected chi connectivity index (χ2v) is 3.28. The highest BCUT2D eigenvalue weighted by Gasteiger charge is 2.16. The fourth-order valence-electron chi connectivity index (χ4n) is 1.23. The number of hydrogen-bond donors (Lipinski definition) is 0. The number of ether oxygens (including phenoxy) is 3. The van der Waals surface area contributed by atoms with E-state index in [1.807, 2.05) is 0 Å². The molecule has 17 heavy (non-hydrogen) atoms. The van der Waals surface area contributed by atoms with Crippen LogP contribution in [0.4, 0.5) is 0 Å². The average molecular weight is 234 g/mol. The smallest absolute Gasteiger partial charge is 0.343 e. The van der Waals surface area contributed by atoms with Gasteiger partial charge < -0.3 is 14.2 Å². The molecule has 0 fully saturated rings. The van der Waals surface area contributed by atoms with Crippen LogP contribution >= 0.6 is 0 Å². The van der Waals surface area contributed by atoms with Gasteiger partial charge in [0.1, 0.15) is 17.1 Å². The molecule has 1 rings (SSSR count). The number of carbonyl (C=O) groups is 1. The molecule has 0 amide bonds. The summed E-state index contributed by atoms with van der Waals surface area (Å²) in [5, 5.41) is 0. The van der Waals surface area contributed by atoms with Crippen molar-refractivity contribution in [3.05, 3.63) is 23.8 Å². The fraction of sp³-hybridized carbons (Fsp3) is 0.308. The van der Waals surface area contributed by atoms with Gasteiger partial charge in [0.25, 0.3) is 0 Å². The summed E-state index contributed by atoms with van der Waals surface area (Å²) in [5.74, 6) is 2.79. The van der Waals surface area contributed by atoms with Gasteiger partial charge in [-0.25, -0.2) is 4.79 Å². The van der Waals surface area contributed by atoms with E-state index in [4.69, 9.17) is 20.6 Å². The topological polar surface area (TPSA) is 44.8 Å². The second kappa shape index (κ2) is 5.80. The first-order valence-corrected chi connectivity index (χ1v) is 5.01. The van der Waals surface area contributed by atoms with Crippen LogP contribution in [0, 0.1) is 12.3 Å². The Balaban J connectivity index is 2.97. The first kappa shape index (κ1) is 12.9. The van der Waals surface area contributed by atoms with Gasteiger partial charge in [-0.2, -0.15) is 0 Å². The quantitative estimate of drug-likeness (QED) is 0.589. The van der Waals surface area contributed by atoms with Crippen molar-refractivity contribution in [2.45, 2.75) is 13.0 Å². The van der Waals surface area contributed by atoms with E-state index in [0.29, 0.717) is 17.1 Å². The first-order chi connectivity index (χ1) is 8.12. The molecule has 0 saturated heterocycles. The SMILES string of the molecule is C#CC(C)OC(=O)c1ccc(OC)cc1OC. The van der Waals surface area contributed by atoms with E-state index in [1.54, 1.807) is 25.1 Å². The largest absolute Gasteiger partial charge is 0.497 e. The predicted molar refractivity (Wildman–Crippen MR) is 63.3 cm³/mol. The van der Waals surface area contributed by atoms with E-state index in [1.165, 1.54) is 14.2 Å². The fourth-order valence-corrected chi connectivity index (χ4v) is 1.23. The third kappa shape index (κ3) is 3.15. The zero-order valence-corrected chi connectivity index (χ0v) is 10.0. The molecule has 4 nitrogen and oxygen atoms in total. The van der Waals surface area contributed by atoms with Crippen LogP contribution in [-0.2, 0) is 4.74 Å². The first-order valence-electron chi connectivity index (χ1n) is 5.01. The second-order valence-electron chi connectivity index (χ2n) is 3.28. The summed E-state index contributed by atoms with van der Waals surface area (Å²) in [6.45, 7) is 1.62. The van der Waals surface area contributed by atoms with Crippen molar-refractivity contribution in [1.29, 1.82) is 0 Å². The number of esters is 1. The molecular weight excluding hydrogens is 220 g/mol. The molecule has 1 unspecified atom stereocenters. The van der Waals surface area contributed by atoms with Crippen molar-refractivity contribution in [2.75, 3.05) is 14.2 Å². The molecule has 0 heterocycles. The van der Waals surface area contributed by atoms with Crippen LogP contribution < -0.4 is 9.47 Å². The van der Waals surface area contributed by atoms with Crippen molar-refractivity contribution in [1.82, 2.24) is 0 Å². The van der Waals surface area contributed by atoms with Crippen LogP contribution in [0.5, 0.6) is 11.5 Å².